The molecule has 0 radical (unpaired) electrons. The number of benzene rings is 2. The Balaban J connectivity index is 1.72. The summed E-state index contributed by atoms with van der Waals surface area (Å²) in [6, 6.07) is 12.9. The van der Waals surface area contributed by atoms with Crippen molar-refractivity contribution in [3.63, 3.8) is 0 Å². The van der Waals surface area contributed by atoms with Gasteiger partial charge in [0.2, 0.25) is 0 Å². The molecular weight excluding hydrogens is 402 g/mol. The maximum Gasteiger partial charge on any atom is 0.323 e. The van der Waals surface area contributed by atoms with Crippen LogP contribution in [0.25, 0.3) is 0 Å². The van der Waals surface area contributed by atoms with E-state index in [0.717, 1.165) is 62.5 Å². The molecule has 0 spiro atoms. The van der Waals surface area contributed by atoms with E-state index < -0.39 is 0 Å². The summed E-state index contributed by atoms with van der Waals surface area (Å²) in [4.78, 5) is 30.1. The zero-order valence-electron chi connectivity index (χ0n) is 19.4. The molecular formula is C25H35N5O2. The van der Waals surface area contributed by atoms with Gasteiger partial charge in [-0.1, -0.05) is 26.0 Å². The molecule has 7 heteroatoms. The number of nitrogens with zero attached hydrogens (tertiary/aromatic N) is 2. The van der Waals surface area contributed by atoms with Gasteiger partial charge < -0.3 is 25.8 Å². The predicted octanol–water partition coefficient (Wildman–Crippen LogP) is 4.31. The van der Waals surface area contributed by atoms with Gasteiger partial charge >= 0.3 is 6.03 Å². The van der Waals surface area contributed by atoms with E-state index in [1.54, 1.807) is 6.07 Å². The number of likely N-dealkylation sites (N-methyl/N-ethyl adjacent to an activating group) is 1. The molecule has 0 aliphatic carbocycles. The zero-order valence-corrected chi connectivity index (χ0v) is 19.4. The van der Waals surface area contributed by atoms with Crippen LogP contribution in [0.1, 0.15) is 42.6 Å². The number of carbonyl (C=O) groups excluding carboxylic acids is 2. The molecule has 2 aromatic carbocycles. The first-order chi connectivity index (χ1) is 15.5. The minimum atomic E-state index is -0.336. The highest BCUT2D eigenvalue weighted by Gasteiger charge is 2.20. The fourth-order valence-corrected chi connectivity index (χ4v) is 4.01. The number of urea groups is 1. The number of aryl methyl sites for hydroxylation is 1. The molecule has 1 aliphatic rings. The lowest BCUT2D eigenvalue weighted by Gasteiger charge is -2.23. The standard InChI is InChI=1S/C25H35N5O2/c1-4-29(5-2)16-13-26-24(31)22-18-21(11-12-23(22)30-14-6-7-15-30)28-25(32)27-20-10-8-9-19(3)17-20/h8-12,17-18H,4-7,13-16H2,1-3H3,(H,26,31)(H2,27,28,32). The van der Waals surface area contributed by atoms with E-state index in [2.05, 4.69) is 39.6 Å². The molecule has 1 heterocycles. The van der Waals surface area contributed by atoms with Gasteiger partial charge in [-0.2, -0.15) is 0 Å². The predicted molar refractivity (Wildman–Crippen MR) is 132 cm³/mol. The second-order valence-corrected chi connectivity index (χ2v) is 8.16. The van der Waals surface area contributed by atoms with Gasteiger partial charge in [-0.25, -0.2) is 4.79 Å². The van der Waals surface area contributed by atoms with E-state index in [1.165, 1.54) is 0 Å². The van der Waals surface area contributed by atoms with Crippen LogP contribution in [0.2, 0.25) is 0 Å². The van der Waals surface area contributed by atoms with Crippen LogP contribution in [-0.4, -0.2) is 56.1 Å². The third-order valence-corrected chi connectivity index (χ3v) is 5.83. The summed E-state index contributed by atoms with van der Waals surface area (Å²) in [6.45, 7) is 11.4. The molecule has 1 saturated heterocycles. The van der Waals surface area contributed by atoms with Crippen molar-refractivity contribution in [2.45, 2.75) is 33.6 Å². The second kappa shape index (κ2) is 11.5. The van der Waals surface area contributed by atoms with Crippen LogP contribution in [0.3, 0.4) is 0 Å². The average Bonchev–Trinajstić information content (AvgIpc) is 3.31. The Morgan fingerprint density at radius 1 is 0.969 bits per heavy atom. The second-order valence-electron chi connectivity index (χ2n) is 8.16. The van der Waals surface area contributed by atoms with Crippen molar-refractivity contribution in [2.24, 2.45) is 0 Å². The Hall–Kier alpha value is -3.06. The van der Waals surface area contributed by atoms with Crippen LogP contribution >= 0.6 is 0 Å². The first-order valence-corrected chi connectivity index (χ1v) is 11.5. The van der Waals surface area contributed by atoms with E-state index in [1.807, 2.05) is 43.3 Å². The monoisotopic (exact) mass is 437 g/mol. The summed E-state index contributed by atoms with van der Waals surface area (Å²) in [7, 11) is 0. The molecule has 3 rings (SSSR count). The largest absolute Gasteiger partial charge is 0.371 e. The number of carbonyl (C=O) groups is 2. The first kappa shape index (κ1) is 23.6. The highest BCUT2D eigenvalue weighted by molar-refractivity contribution is 6.04. The van der Waals surface area contributed by atoms with Crippen LogP contribution in [0.15, 0.2) is 42.5 Å². The molecule has 3 amide bonds. The van der Waals surface area contributed by atoms with Crippen LogP contribution in [0, 0.1) is 6.92 Å². The van der Waals surface area contributed by atoms with Gasteiger partial charge in [0.05, 0.1) is 5.56 Å². The highest BCUT2D eigenvalue weighted by Crippen LogP contribution is 2.27. The summed E-state index contributed by atoms with van der Waals surface area (Å²) in [5.41, 5.74) is 3.91. The molecule has 0 unspecified atom stereocenters. The summed E-state index contributed by atoms with van der Waals surface area (Å²) in [6.07, 6.45) is 2.25. The maximum atomic E-state index is 13.1. The minimum absolute atomic E-state index is 0.109. The van der Waals surface area contributed by atoms with E-state index in [0.29, 0.717) is 17.8 Å². The lowest BCUT2D eigenvalue weighted by atomic mass is 10.1. The molecule has 0 saturated carbocycles. The van der Waals surface area contributed by atoms with Crippen molar-refractivity contribution >= 4 is 29.0 Å². The van der Waals surface area contributed by atoms with Gasteiger partial charge in [-0.3, -0.25) is 4.79 Å². The Kier molecular flexibility index (Phi) is 8.50. The Bertz CT molecular complexity index is 920. The molecule has 0 atom stereocenters. The fraction of sp³-hybridized carbons (Fsp3) is 0.440. The highest BCUT2D eigenvalue weighted by atomic mass is 16.2. The van der Waals surface area contributed by atoms with Crippen LogP contribution in [0.4, 0.5) is 21.9 Å². The van der Waals surface area contributed by atoms with E-state index in [4.69, 9.17) is 0 Å². The number of rotatable bonds is 9. The van der Waals surface area contributed by atoms with Gasteiger partial charge in [-0.05, 0) is 68.8 Å². The van der Waals surface area contributed by atoms with Gasteiger partial charge in [0.15, 0.2) is 0 Å². The molecule has 172 valence electrons. The summed E-state index contributed by atoms with van der Waals surface area (Å²) >= 11 is 0. The number of hydrogen-bond acceptors (Lipinski definition) is 4. The fourth-order valence-electron chi connectivity index (χ4n) is 4.01. The maximum absolute atomic E-state index is 13.1. The minimum Gasteiger partial charge on any atom is -0.371 e. The molecule has 0 bridgehead atoms. The van der Waals surface area contributed by atoms with Gasteiger partial charge in [0.1, 0.15) is 0 Å². The van der Waals surface area contributed by atoms with E-state index in [9.17, 15) is 9.59 Å². The van der Waals surface area contributed by atoms with Crippen molar-refractivity contribution < 1.29 is 9.59 Å². The van der Waals surface area contributed by atoms with Crippen LogP contribution in [-0.2, 0) is 0 Å². The third-order valence-electron chi connectivity index (χ3n) is 5.83. The molecule has 7 nitrogen and oxygen atoms in total. The average molecular weight is 438 g/mol. The van der Waals surface area contributed by atoms with E-state index in [-0.39, 0.29) is 11.9 Å². The van der Waals surface area contributed by atoms with Crippen molar-refractivity contribution in [3.8, 4) is 0 Å². The van der Waals surface area contributed by atoms with Crippen molar-refractivity contribution in [1.82, 2.24) is 10.2 Å². The normalized spacial score (nSPS) is 13.3. The molecule has 0 aromatic heterocycles. The summed E-state index contributed by atoms with van der Waals surface area (Å²) < 4.78 is 0. The lowest BCUT2D eigenvalue weighted by molar-refractivity contribution is 0.0949. The number of hydrogen-bond donors (Lipinski definition) is 3. The van der Waals surface area contributed by atoms with E-state index >= 15 is 0 Å². The Labute approximate surface area is 191 Å². The van der Waals surface area contributed by atoms with Crippen molar-refractivity contribution in [3.05, 3.63) is 53.6 Å². The zero-order chi connectivity index (χ0) is 22.9. The Morgan fingerprint density at radius 2 is 1.66 bits per heavy atom. The molecule has 32 heavy (non-hydrogen) atoms. The van der Waals surface area contributed by atoms with Crippen molar-refractivity contribution in [2.75, 3.05) is 54.8 Å². The lowest BCUT2D eigenvalue weighted by Crippen LogP contribution is -2.35. The van der Waals surface area contributed by atoms with Gasteiger partial charge in [0, 0.05) is 43.2 Å². The summed E-state index contributed by atoms with van der Waals surface area (Å²) in [5, 5.41) is 8.75. The topological polar surface area (TPSA) is 76.7 Å². The SMILES string of the molecule is CCN(CC)CCNC(=O)c1cc(NC(=O)Nc2cccc(C)c2)ccc1N1CCCC1. The summed E-state index contributed by atoms with van der Waals surface area (Å²) in [5.74, 6) is -0.109. The van der Waals surface area contributed by atoms with Gasteiger partial charge in [-0.15, -0.1) is 0 Å². The number of amides is 3. The van der Waals surface area contributed by atoms with Gasteiger partial charge in [0.25, 0.3) is 5.91 Å². The molecule has 1 fully saturated rings. The number of nitrogens with one attached hydrogen (secondary N) is 3. The quantitative estimate of drug-likeness (QED) is 0.546. The first-order valence-electron chi connectivity index (χ1n) is 11.5. The smallest absolute Gasteiger partial charge is 0.323 e. The molecule has 2 aromatic rings. The van der Waals surface area contributed by atoms with Crippen LogP contribution < -0.4 is 20.9 Å². The Morgan fingerprint density at radius 3 is 2.31 bits per heavy atom. The number of anilines is 3. The molecule has 3 N–H and O–H groups in total. The van der Waals surface area contributed by atoms with Crippen molar-refractivity contribution in [1.29, 1.82) is 0 Å². The van der Waals surface area contributed by atoms with Crippen LogP contribution in [0.5, 0.6) is 0 Å². The molecule has 1 aliphatic heterocycles. The third kappa shape index (κ3) is 6.47.